The van der Waals surface area contributed by atoms with Crippen LogP contribution in [0.3, 0.4) is 0 Å². The molecule has 1 rings (SSSR count). The number of hydrogen-bond acceptors (Lipinski definition) is 0. The maximum absolute atomic E-state index is 13.6. The number of hydrogen-bond donors (Lipinski definition) is 0. The lowest BCUT2D eigenvalue weighted by atomic mass is 9.96. The van der Waals surface area contributed by atoms with Crippen LogP contribution in [0.2, 0.25) is 0 Å². The molecule has 1 aliphatic carbocycles. The molecule has 0 aromatic heterocycles. The zero-order valence-electron chi connectivity index (χ0n) is 8.36. The monoisotopic (exact) mass is 398 g/mol. The van der Waals surface area contributed by atoms with Crippen LogP contribution in [0, 0.1) is 0 Å². The van der Waals surface area contributed by atoms with Crippen molar-refractivity contribution in [1.82, 2.24) is 0 Å². The highest BCUT2D eigenvalue weighted by Crippen LogP contribution is 2.69. The Balaban J connectivity index is 3.69. The summed E-state index contributed by atoms with van der Waals surface area (Å²) in [4.78, 5) is 0. The molecule has 0 atom stereocenters. The highest BCUT2D eigenvalue weighted by atomic mass is 127. The van der Waals surface area contributed by atoms with Gasteiger partial charge in [0.15, 0.2) is 0 Å². The van der Waals surface area contributed by atoms with E-state index in [2.05, 4.69) is 0 Å². The van der Waals surface area contributed by atoms with E-state index in [1.165, 1.54) is 0 Å². The van der Waals surface area contributed by atoms with Crippen molar-refractivity contribution in [2.45, 2.75) is 36.3 Å². The van der Waals surface area contributed by atoms with Crippen molar-refractivity contribution in [3.63, 3.8) is 0 Å². The number of allylic oxidation sites excluding steroid dienone is 2. The van der Waals surface area contributed by atoms with E-state index in [1.807, 2.05) is 0 Å². The Labute approximate surface area is 108 Å². The second-order valence-corrected chi connectivity index (χ2v) is 5.44. The average molecular weight is 398 g/mol. The first-order chi connectivity index (χ1) is 7.67. The van der Waals surface area contributed by atoms with Crippen LogP contribution in [-0.4, -0.2) is 29.4 Å². The minimum Gasteiger partial charge on any atom is -0.225 e. The molecule has 0 radical (unpaired) electrons. The summed E-state index contributed by atoms with van der Waals surface area (Å²) in [5.41, 5.74) is -5.46. The Kier molecular flexibility index (Phi) is 3.26. The van der Waals surface area contributed by atoms with Gasteiger partial charge in [-0.1, -0.05) is 0 Å². The lowest BCUT2D eigenvalue weighted by molar-refractivity contribution is -0.303. The van der Waals surface area contributed by atoms with Crippen molar-refractivity contribution in [3.8, 4) is 0 Å². The van der Waals surface area contributed by atoms with Crippen LogP contribution in [0.5, 0.6) is 0 Å². The van der Waals surface area contributed by atoms with Crippen LogP contribution in [0.15, 0.2) is 9.66 Å². The topological polar surface area (TPSA) is 0 Å². The quantitative estimate of drug-likeness (QED) is 0.448. The van der Waals surface area contributed by atoms with Crippen molar-refractivity contribution >= 4 is 22.6 Å². The molecule has 0 spiro atoms. The smallest absolute Gasteiger partial charge is 0.225 e. The van der Waals surface area contributed by atoms with E-state index in [9.17, 15) is 39.5 Å². The van der Waals surface area contributed by atoms with E-state index in [0.717, 1.165) is 29.5 Å². The van der Waals surface area contributed by atoms with Crippen molar-refractivity contribution < 1.29 is 39.5 Å². The highest BCUT2D eigenvalue weighted by Gasteiger charge is 3.00. The Bertz CT molecular complexity index is 367. The lowest BCUT2D eigenvalue weighted by Gasteiger charge is -2.28. The highest BCUT2D eigenvalue weighted by molar-refractivity contribution is 14.1. The summed E-state index contributed by atoms with van der Waals surface area (Å²) < 4.78 is 116. The molecule has 0 unspecified atom stereocenters. The molecule has 0 bridgehead atoms. The first kappa shape index (κ1) is 15.9. The molecular weight excluding hydrogens is 394 g/mol. The van der Waals surface area contributed by atoms with Gasteiger partial charge in [0.25, 0.3) is 5.67 Å². The zero-order valence-corrected chi connectivity index (χ0v) is 10.5. The molecule has 18 heavy (non-hydrogen) atoms. The molecule has 1 aliphatic rings. The predicted molar refractivity (Wildman–Crippen MR) is 51.4 cm³/mol. The van der Waals surface area contributed by atoms with Gasteiger partial charge >= 0.3 is 23.7 Å². The molecule has 0 aromatic carbocycles. The number of halogens is 10. The van der Waals surface area contributed by atoms with Gasteiger partial charge in [0.2, 0.25) is 0 Å². The molecule has 0 amide bonds. The SMILES string of the molecule is CC(I)=CC1(F)C(F)(F)C(F)(F)C(F)(F)C1(F)F. The normalized spacial score (nSPS) is 31.4. The van der Waals surface area contributed by atoms with Gasteiger partial charge in [0.05, 0.1) is 0 Å². The third-order valence-electron chi connectivity index (χ3n) is 2.49. The molecule has 1 saturated carbocycles. The fourth-order valence-electron chi connectivity index (χ4n) is 1.50. The van der Waals surface area contributed by atoms with Crippen LogP contribution >= 0.6 is 22.6 Å². The number of rotatable bonds is 1. The summed E-state index contributed by atoms with van der Waals surface area (Å²) in [6, 6.07) is 0. The Morgan fingerprint density at radius 1 is 0.722 bits per heavy atom. The summed E-state index contributed by atoms with van der Waals surface area (Å²) in [6.07, 6.45) is -0.609. The Hall–Kier alpha value is -0.160. The summed E-state index contributed by atoms with van der Waals surface area (Å²) in [5, 5.41) is 0. The van der Waals surface area contributed by atoms with E-state index < -0.39 is 39.0 Å². The third kappa shape index (κ3) is 1.40. The van der Waals surface area contributed by atoms with E-state index >= 15 is 0 Å². The lowest BCUT2D eigenvalue weighted by Crippen LogP contribution is -2.53. The fraction of sp³-hybridized carbons (Fsp3) is 0.750. The first-order valence-electron chi connectivity index (χ1n) is 4.22. The van der Waals surface area contributed by atoms with Crippen LogP contribution in [0.1, 0.15) is 6.92 Å². The number of alkyl halides is 9. The minimum absolute atomic E-state index is 0.594. The zero-order chi connectivity index (χ0) is 14.8. The van der Waals surface area contributed by atoms with Crippen LogP contribution < -0.4 is 0 Å². The maximum atomic E-state index is 13.6. The van der Waals surface area contributed by atoms with Crippen LogP contribution in [0.4, 0.5) is 39.5 Å². The molecule has 106 valence electrons. The molecule has 10 heteroatoms. The van der Waals surface area contributed by atoms with Crippen LogP contribution in [0.25, 0.3) is 0 Å². The molecule has 0 aliphatic heterocycles. The fourth-order valence-corrected chi connectivity index (χ4v) is 1.93. The van der Waals surface area contributed by atoms with Gasteiger partial charge in [-0.3, -0.25) is 0 Å². The Morgan fingerprint density at radius 3 is 1.22 bits per heavy atom. The molecule has 0 heterocycles. The molecule has 0 aromatic rings. The van der Waals surface area contributed by atoms with Gasteiger partial charge in [-0.05, 0) is 39.2 Å². The van der Waals surface area contributed by atoms with Gasteiger partial charge in [-0.25, -0.2) is 4.39 Å². The molecule has 0 saturated heterocycles. The van der Waals surface area contributed by atoms with Crippen molar-refractivity contribution in [1.29, 1.82) is 0 Å². The predicted octanol–water partition coefficient (Wildman–Crippen LogP) is 4.59. The molecular formula is C8H4F9I. The van der Waals surface area contributed by atoms with Crippen molar-refractivity contribution in [2.75, 3.05) is 0 Å². The molecule has 0 nitrogen and oxygen atoms in total. The average Bonchev–Trinajstić information content (AvgIpc) is 2.17. The molecule has 1 fully saturated rings. The van der Waals surface area contributed by atoms with Gasteiger partial charge in [-0.2, -0.15) is 35.1 Å². The van der Waals surface area contributed by atoms with Gasteiger partial charge in [0, 0.05) is 0 Å². The van der Waals surface area contributed by atoms with Crippen LogP contribution in [-0.2, 0) is 0 Å². The van der Waals surface area contributed by atoms with E-state index in [1.54, 1.807) is 0 Å². The van der Waals surface area contributed by atoms with Gasteiger partial charge in [-0.15, -0.1) is 0 Å². The second-order valence-electron chi connectivity index (χ2n) is 3.74. The van der Waals surface area contributed by atoms with E-state index in [0.29, 0.717) is 0 Å². The molecule has 0 N–H and O–H groups in total. The van der Waals surface area contributed by atoms with E-state index in [-0.39, 0.29) is 0 Å². The summed E-state index contributed by atoms with van der Waals surface area (Å²) in [6.45, 7) is 0.822. The van der Waals surface area contributed by atoms with E-state index in [4.69, 9.17) is 0 Å². The largest absolute Gasteiger partial charge is 0.382 e. The minimum atomic E-state index is -6.50. The summed E-state index contributed by atoms with van der Waals surface area (Å²) in [5.74, 6) is -25.5. The first-order valence-corrected chi connectivity index (χ1v) is 5.30. The van der Waals surface area contributed by atoms with Crippen molar-refractivity contribution in [2.24, 2.45) is 0 Å². The third-order valence-corrected chi connectivity index (χ3v) is 2.81. The standard InChI is InChI=1S/C8H4F9I/c1-3(18)2-4(9)5(10,11)7(14,15)8(16,17)6(4,12)13/h2H,1H3. The Morgan fingerprint density at radius 2 is 1.00 bits per heavy atom. The van der Waals surface area contributed by atoms with Gasteiger partial charge < -0.3 is 0 Å². The van der Waals surface area contributed by atoms with Crippen molar-refractivity contribution in [3.05, 3.63) is 9.66 Å². The summed E-state index contributed by atoms with van der Waals surface area (Å²) >= 11 is 1.06. The van der Waals surface area contributed by atoms with Gasteiger partial charge in [0.1, 0.15) is 0 Å². The second kappa shape index (κ2) is 3.69. The maximum Gasteiger partial charge on any atom is 0.382 e. The summed E-state index contributed by atoms with van der Waals surface area (Å²) in [7, 11) is 0.